The normalized spacial score (nSPS) is 10.7. The number of amides is 1. The van der Waals surface area contributed by atoms with Gasteiger partial charge in [-0.25, -0.2) is 19.0 Å². The van der Waals surface area contributed by atoms with E-state index >= 15 is 0 Å². The highest BCUT2D eigenvalue weighted by atomic mass is 19.1. The van der Waals surface area contributed by atoms with Crippen LogP contribution in [0.3, 0.4) is 0 Å². The Bertz CT molecular complexity index is 1300. The Morgan fingerprint density at radius 1 is 0.971 bits per heavy atom. The average molecular weight is 461 g/mol. The summed E-state index contributed by atoms with van der Waals surface area (Å²) < 4.78 is 20.5. The van der Waals surface area contributed by atoms with Crippen molar-refractivity contribution in [3.63, 3.8) is 0 Å². The third kappa shape index (κ3) is 5.74. The van der Waals surface area contributed by atoms with E-state index in [2.05, 4.69) is 25.7 Å². The van der Waals surface area contributed by atoms with E-state index in [1.54, 1.807) is 28.9 Å². The molecule has 0 radical (unpaired) electrons. The molecule has 4 aromatic rings. The van der Waals surface area contributed by atoms with Gasteiger partial charge in [-0.1, -0.05) is 6.07 Å². The zero-order valence-electron chi connectivity index (χ0n) is 19.2. The zero-order valence-corrected chi connectivity index (χ0v) is 19.2. The second-order valence-electron chi connectivity index (χ2n) is 7.76. The number of nitrogens with zero attached hydrogens (tertiary/aromatic N) is 4. The molecule has 9 heteroatoms. The highest BCUT2D eigenvalue weighted by molar-refractivity contribution is 5.94. The molecule has 0 bridgehead atoms. The van der Waals surface area contributed by atoms with E-state index in [9.17, 15) is 9.18 Å². The third-order valence-corrected chi connectivity index (χ3v) is 4.91. The number of aryl methyl sites for hydroxylation is 3. The molecule has 1 amide bonds. The van der Waals surface area contributed by atoms with E-state index in [0.717, 1.165) is 11.4 Å². The molecule has 174 valence electrons. The fourth-order valence-corrected chi connectivity index (χ4v) is 3.42. The van der Waals surface area contributed by atoms with Crippen molar-refractivity contribution in [2.24, 2.45) is 0 Å². The lowest BCUT2D eigenvalue weighted by Gasteiger charge is -2.11. The average Bonchev–Trinajstić information content (AvgIpc) is 3.16. The van der Waals surface area contributed by atoms with E-state index in [1.165, 1.54) is 24.3 Å². The number of aromatic nitrogens is 4. The van der Waals surface area contributed by atoms with Crippen molar-refractivity contribution >= 4 is 11.7 Å². The van der Waals surface area contributed by atoms with Crippen LogP contribution in [0.15, 0.2) is 60.7 Å². The second-order valence-corrected chi connectivity index (χ2v) is 7.76. The number of hydrogen-bond acceptors (Lipinski definition) is 6. The Balaban J connectivity index is 1.32. The highest BCUT2D eigenvalue weighted by Crippen LogP contribution is 2.22. The van der Waals surface area contributed by atoms with Crippen molar-refractivity contribution in [3.05, 3.63) is 89.3 Å². The first kappa shape index (κ1) is 22.9. The molecule has 8 nitrogen and oxygen atoms in total. The lowest BCUT2D eigenvalue weighted by atomic mass is 10.2. The first-order chi connectivity index (χ1) is 16.4. The number of ether oxygens (including phenoxy) is 1. The summed E-state index contributed by atoms with van der Waals surface area (Å²) in [7, 11) is 0. The molecule has 2 N–H and O–H groups in total. The molecular weight excluding hydrogens is 435 g/mol. The Morgan fingerprint density at radius 3 is 2.50 bits per heavy atom. The number of benzene rings is 2. The topological polar surface area (TPSA) is 94.0 Å². The van der Waals surface area contributed by atoms with Gasteiger partial charge in [0.15, 0.2) is 5.82 Å². The minimum atomic E-state index is -0.339. The Labute approximate surface area is 196 Å². The van der Waals surface area contributed by atoms with Crippen LogP contribution in [0.4, 0.5) is 10.2 Å². The highest BCUT2D eigenvalue weighted by Gasteiger charge is 2.10. The third-order valence-electron chi connectivity index (χ3n) is 4.91. The van der Waals surface area contributed by atoms with Gasteiger partial charge in [-0.05, 0) is 69.3 Å². The first-order valence-electron chi connectivity index (χ1n) is 10.8. The number of nitrogens with one attached hydrogen (secondary N) is 2. The number of halogens is 1. The van der Waals surface area contributed by atoms with Crippen molar-refractivity contribution in [1.82, 2.24) is 25.1 Å². The van der Waals surface area contributed by atoms with Gasteiger partial charge in [0.1, 0.15) is 29.0 Å². The molecule has 2 aromatic carbocycles. The molecule has 0 unspecified atom stereocenters. The van der Waals surface area contributed by atoms with Crippen LogP contribution in [0.5, 0.6) is 11.5 Å². The SMILES string of the molecule is Cc1cc(C)n(-c2cc(NCCNC(=O)c3cccc(Oc4ccc(F)cc4)c3)nc(C)n2)n1. The number of carbonyl (C=O) groups excluding carboxylic acids is 1. The molecule has 2 aromatic heterocycles. The van der Waals surface area contributed by atoms with Crippen molar-refractivity contribution in [2.45, 2.75) is 20.8 Å². The molecule has 34 heavy (non-hydrogen) atoms. The van der Waals surface area contributed by atoms with Gasteiger partial charge in [-0.3, -0.25) is 4.79 Å². The van der Waals surface area contributed by atoms with Gasteiger partial charge in [0.05, 0.1) is 5.69 Å². The quantitative estimate of drug-likeness (QED) is 0.380. The minimum absolute atomic E-state index is 0.228. The summed E-state index contributed by atoms with van der Waals surface area (Å²) >= 11 is 0. The van der Waals surface area contributed by atoms with Gasteiger partial charge in [0.2, 0.25) is 0 Å². The molecule has 2 heterocycles. The predicted octanol–water partition coefficient (Wildman–Crippen LogP) is 4.36. The molecule has 4 rings (SSSR count). The fraction of sp³-hybridized carbons (Fsp3) is 0.200. The van der Waals surface area contributed by atoms with E-state index in [-0.39, 0.29) is 11.7 Å². The van der Waals surface area contributed by atoms with Crippen LogP contribution in [0.25, 0.3) is 5.82 Å². The van der Waals surface area contributed by atoms with Gasteiger partial charge in [-0.2, -0.15) is 5.10 Å². The van der Waals surface area contributed by atoms with Crippen LogP contribution in [-0.2, 0) is 0 Å². The second kappa shape index (κ2) is 10.1. The van der Waals surface area contributed by atoms with E-state index in [4.69, 9.17) is 4.74 Å². The molecule has 0 aliphatic heterocycles. The lowest BCUT2D eigenvalue weighted by molar-refractivity contribution is 0.0955. The van der Waals surface area contributed by atoms with E-state index in [1.807, 2.05) is 32.9 Å². The molecule has 0 fully saturated rings. The van der Waals surface area contributed by atoms with Crippen LogP contribution in [0.2, 0.25) is 0 Å². The predicted molar refractivity (Wildman–Crippen MR) is 127 cm³/mol. The fourth-order valence-electron chi connectivity index (χ4n) is 3.42. The lowest BCUT2D eigenvalue weighted by Crippen LogP contribution is -2.29. The summed E-state index contributed by atoms with van der Waals surface area (Å²) in [5, 5.41) is 10.6. The van der Waals surface area contributed by atoms with Gasteiger partial charge >= 0.3 is 0 Å². The van der Waals surface area contributed by atoms with Crippen molar-refractivity contribution in [2.75, 3.05) is 18.4 Å². The van der Waals surface area contributed by atoms with Crippen LogP contribution in [0, 0.1) is 26.6 Å². The van der Waals surface area contributed by atoms with Crippen LogP contribution in [-0.4, -0.2) is 38.7 Å². The smallest absolute Gasteiger partial charge is 0.251 e. The van der Waals surface area contributed by atoms with Crippen LogP contribution in [0.1, 0.15) is 27.6 Å². The van der Waals surface area contributed by atoms with E-state index < -0.39 is 0 Å². The molecule has 0 aliphatic carbocycles. The summed E-state index contributed by atoms with van der Waals surface area (Å²) in [6, 6.07) is 16.3. The number of anilines is 1. The minimum Gasteiger partial charge on any atom is -0.457 e. The van der Waals surface area contributed by atoms with Gasteiger partial charge in [0, 0.05) is 30.4 Å². The van der Waals surface area contributed by atoms with Crippen molar-refractivity contribution in [3.8, 4) is 17.3 Å². The van der Waals surface area contributed by atoms with Gasteiger partial charge in [-0.15, -0.1) is 0 Å². The van der Waals surface area contributed by atoms with Crippen LogP contribution < -0.4 is 15.4 Å². The van der Waals surface area contributed by atoms with Crippen molar-refractivity contribution in [1.29, 1.82) is 0 Å². The Morgan fingerprint density at radius 2 is 1.76 bits per heavy atom. The largest absolute Gasteiger partial charge is 0.457 e. The number of rotatable bonds is 8. The molecule has 0 spiro atoms. The number of carbonyl (C=O) groups is 1. The standard InChI is InChI=1S/C25H25FN6O2/c1-16-13-17(2)32(31-16)24-15-23(29-18(3)30-24)27-11-12-28-25(33)19-5-4-6-22(14-19)34-21-9-7-20(26)8-10-21/h4-10,13-15H,11-12H2,1-3H3,(H,28,33)(H,27,29,30). The Kier molecular flexibility index (Phi) is 6.82. The summed E-state index contributed by atoms with van der Waals surface area (Å²) in [4.78, 5) is 21.4. The zero-order chi connectivity index (χ0) is 24.1. The summed E-state index contributed by atoms with van der Waals surface area (Å²) in [5.74, 6) is 2.37. The Hall–Kier alpha value is -4.27. The van der Waals surface area contributed by atoms with Crippen molar-refractivity contribution < 1.29 is 13.9 Å². The maximum absolute atomic E-state index is 13.1. The summed E-state index contributed by atoms with van der Waals surface area (Å²) in [6.45, 7) is 6.59. The van der Waals surface area contributed by atoms with Crippen LogP contribution >= 0.6 is 0 Å². The molecule has 0 atom stereocenters. The van der Waals surface area contributed by atoms with Gasteiger partial charge < -0.3 is 15.4 Å². The van der Waals surface area contributed by atoms with E-state index in [0.29, 0.717) is 47.6 Å². The maximum atomic E-state index is 13.1. The van der Waals surface area contributed by atoms with Gasteiger partial charge in [0.25, 0.3) is 5.91 Å². The molecule has 0 aliphatic rings. The number of hydrogen-bond donors (Lipinski definition) is 2. The molecular formula is C25H25FN6O2. The maximum Gasteiger partial charge on any atom is 0.251 e. The molecule has 0 saturated heterocycles. The summed E-state index contributed by atoms with van der Waals surface area (Å²) in [5.41, 5.74) is 2.36. The first-order valence-corrected chi connectivity index (χ1v) is 10.8. The monoisotopic (exact) mass is 460 g/mol. The summed E-state index contributed by atoms with van der Waals surface area (Å²) in [6.07, 6.45) is 0. The molecule has 0 saturated carbocycles.